The predicted molar refractivity (Wildman–Crippen MR) is 71.5 cm³/mol. The summed E-state index contributed by atoms with van der Waals surface area (Å²) in [6.45, 7) is 4.14. The van der Waals surface area contributed by atoms with Crippen LogP contribution in [0, 0.1) is 6.92 Å². The number of benzene rings is 1. The lowest BCUT2D eigenvalue weighted by molar-refractivity contribution is 0.0526. The quantitative estimate of drug-likeness (QED) is 0.775. The number of nitrogens with zero attached hydrogens (tertiary/aromatic N) is 1. The van der Waals surface area contributed by atoms with Gasteiger partial charge in [-0.15, -0.1) is 0 Å². The van der Waals surface area contributed by atoms with Crippen molar-refractivity contribution in [2.45, 2.75) is 13.8 Å². The van der Waals surface area contributed by atoms with E-state index in [1.165, 1.54) is 0 Å². The zero-order chi connectivity index (χ0) is 13.1. The molecule has 2 rings (SSSR count). The van der Waals surface area contributed by atoms with E-state index in [2.05, 4.69) is 0 Å². The number of ether oxygens (including phenoxy) is 1. The smallest absolute Gasteiger partial charge is 0.340 e. The van der Waals surface area contributed by atoms with Crippen LogP contribution in [0.1, 0.15) is 23.0 Å². The van der Waals surface area contributed by atoms with Crippen molar-refractivity contribution in [3.63, 3.8) is 0 Å². The highest BCUT2D eigenvalue weighted by atomic mass is 16.5. The van der Waals surface area contributed by atoms with Gasteiger partial charge in [0.25, 0.3) is 0 Å². The van der Waals surface area contributed by atoms with Crippen LogP contribution in [0.2, 0.25) is 0 Å². The van der Waals surface area contributed by atoms with Crippen LogP contribution in [0.4, 0.5) is 0 Å². The summed E-state index contributed by atoms with van der Waals surface area (Å²) in [5, 5.41) is 0. The molecule has 0 amide bonds. The lowest BCUT2D eigenvalue weighted by Gasteiger charge is -2.05. The number of esters is 1. The molecular weight excluding hydrogens is 226 g/mol. The Kier molecular flexibility index (Phi) is 3.51. The van der Waals surface area contributed by atoms with E-state index >= 15 is 0 Å². The van der Waals surface area contributed by atoms with Crippen molar-refractivity contribution >= 4 is 5.97 Å². The Balaban J connectivity index is 2.55. The van der Waals surface area contributed by atoms with E-state index in [-0.39, 0.29) is 5.97 Å². The molecule has 1 heterocycles. The molecule has 0 unspecified atom stereocenters. The average molecular weight is 243 g/mol. The summed E-state index contributed by atoms with van der Waals surface area (Å²) in [6, 6.07) is 9.89. The van der Waals surface area contributed by atoms with Crippen LogP contribution in [0.5, 0.6) is 0 Å². The summed E-state index contributed by atoms with van der Waals surface area (Å²) in [4.78, 5) is 12.0. The Bertz CT molecular complexity index is 555. The summed E-state index contributed by atoms with van der Waals surface area (Å²) in [5.41, 5.74) is 3.54. The molecule has 0 saturated heterocycles. The maximum Gasteiger partial charge on any atom is 0.340 e. The molecule has 0 atom stereocenters. The largest absolute Gasteiger partial charge is 0.462 e. The molecule has 0 spiro atoms. The first-order chi connectivity index (χ1) is 8.65. The molecule has 1 aromatic heterocycles. The first kappa shape index (κ1) is 12.4. The Morgan fingerprint density at radius 2 is 1.94 bits per heavy atom. The van der Waals surface area contributed by atoms with Crippen LogP contribution >= 0.6 is 0 Å². The number of hydrogen-bond acceptors (Lipinski definition) is 2. The highest BCUT2D eigenvalue weighted by Crippen LogP contribution is 2.28. The molecule has 94 valence electrons. The van der Waals surface area contributed by atoms with Crippen molar-refractivity contribution in [2.24, 2.45) is 7.05 Å². The summed E-state index contributed by atoms with van der Waals surface area (Å²) in [6.07, 6.45) is 1.97. The first-order valence-electron chi connectivity index (χ1n) is 6.03. The van der Waals surface area contributed by atoms with Gasteiger partial charge in [-0.05, 0) is 19.4 Å². The van der Waals surface area contributed by atoms with E-state index in [4.69, 9.17) is 4.74 Å². The molecule has 3 heteroatoms. The van der Waals surface area contributed by atoms with Crippen molar-refractivity contribution < 1.29 is 9.53 Å². The fourth-order valence-corrected chi connectivity index (χ4v) is 2.02. The van der Waals surface area contributed by atoms with Crippen molar-refractivity contribution in [2.75, 3.05) is 6.61 Å². The van der Waals surface area contributed by atoms with Crippen LogP contribution in [-0.4, -0.2) is 17.1 Å². The number of hydrogen-bond donors (Lipinski definition) is 0. The van der Waals surface area contributed by atoms with Crippen molar-refractivity contribution in [3.8, 4) is 11.1 Å². The standard InChI is InChI=1S/C15H17NO2/c1-4-18-15(17)14-11(2)16(3)10-13(14)12-8-6-5-7-9-12/h5-10H,4H2,1-3H3. The Hall–Kier alpha value is -2.03. The Morgan fingerprint density at radius 1 is 1.28 bits per heavy atom. The fourth-order valence-electron chi connectivity index (χ4n) is 2.02. The maximum absolute atomic E-state index is 12.0. The summed E-state index contributed by atoms with van der Waals surface area (Å²) >= 11 is 0. The minimum atomic E-state index is -0.255. The zero-order valence-electron chi connectivity index (χ0n) is 10.9. The van der Waals surface area contributed by atoms with Gasteiger partial charge in [-0.2, -0.15) is 0 Å². The normalized spacial score (nSPS) is 10.4. The Morgan fingerprint density at radius 3 is 2.56 bits per heavy atom. The van der Waals surface area contributed by atoms with Gasteiger partial charge in [0.15, 0.2) is 0 Å². The third kappa shape index (κ3) is 2.16. The minimum absolute atomic E-state index is 0.255. The monoisotopic (exact) mass is 243 g/mol. The molecule has 0 fully saturated rings. The molecule has 0 aliphatic carbocycles. The van der Waals surface area contributed by atoms with Gasteiger partial charge in [-0.1, -0.05) is 30.3 Å². The molecule has 0 aliphatic heterocycles. The van der Waals surface area contributed by atoms with Gasteiger partial charge in [0.2, 0.25) is 0 Å². The average Bonchev–Trinajstić information content (AvgIpc) is 2.67. The SMILES string of the molecule is CCOC(=O)c1c(-c2ccccc2)cn(C)c1C. The van der Waals surface area contributed by atoms with Crippen LogP contribution in [0.3, 0.4) is 0 Å². The number of carbonyl (C=O) groups is 1. The number of carbonyl (C=O) groups excluding carboxylic acids is 1. The van der Waals surface area contributed by atoms with Gasteiger partial charge < -0.3 is 9.30 Å². The van der Waals surface area contributed by atoms with Gasteiger partial charge in [0.05, 0.1) is 12.2 Å². The Labute approximate surface area is 107 Å². The molecule has 1 aromatic carbocycles. The second kappa shape index (κ2) is 5.08. The van der Waals surface area contributed by atoms with Crippen molar-refractivity contribution in [3.05, 3.63) is 47.8 Å². The van der Waals surface area contributed by atoms with Gasteiger partial charge >= 0.3 is 5.97 Å². The number of rotatable bonds is 3. The summed E-state index contributed by atoms with van der Waals surface area (Å²) < 4.78 is 7.08. The molecule has 3 nitrogen and oxygen atoms in total. The van der Waals surface area contributed by atoms with Gasteiger partial charge in [-0.25, -0.2) is 4.79 Å². The lowest BCUT2D eigenvalue weighted by atomic mass is 10.0. The van der Waals surface area contributed by atoms with Gasteiger partial charge in [0, 0.05) is 24.5 Å². The molecular formula is C15H17NO2. The molecule has 0 aliphatic rings. The third-order valence-corrected chi connectivity index (χ3v) is 3.05. The molecule has 18 heavy (non-hydrogen) atoms. The molecule has 0 radical (unpaired) electrons. The lowest BCUT2D eigenvalue weighted by Crippen LogP contribution is -2.07. The zero-order valence-corrected chi connectivity index (χ0v) is 10.9. The van der Waals surface area contributed by atoms with E-state index in [1.807, 2.05) is 62.0 Å². The highest BCUT2D eigenvalue weighted by molar-refractivity contribution is 5.98. The maximum atomic E-state index is 12.0. The highest BCUT2D eigenvalue weighted by Gasteiger charge is 2.20. The topological polar surface area (TPSA) is 31.2 Å². The van der Waals surface area contributed by atoms with Crippen molar-refractivity contribution in [1.29, 1.82) is 0 Å². The molecule has 0 bridgehead atoms. The fraction of sp³-hybridized carbons (Fsp3) is 0.267. The van der Waals surface area contributed by atoms with E-state index < -0.39 is 0 Å². The van der Waals surface area contributed by atoms with Crippen LogP contribution < -0.4 is 0 Å². The number of aryl methyl sites for hydroxylation is 1. The van der Waals surface area contributed by atoms with E-state index in [0.717, 1.165) is 16.8 Å². The van der Waals surface area contributed by atoms with Crippen LogP contribution in [0.15, 0.2) is 36.5 Å². The molecule has 0 N–H and O–H groups in total. The molecule has 0 saturated carbocycles. The predicted octanol–water partition coefficient (Wildman–Crippen LogP) is 3.18. The molecule has 2 aromatic rings. The second-order valence-corrected chi connectivity index (χ2v) is 4.20. The first-order valence-corrected chi connectivity index (χ1v) is 6.03. The van der Waals surface area contributed by atoms with Gasteiger partial charge in [0.1, 0.15) is 0 Å². The van der Waals surface area contributed by atoms with Crippen molar-refractivity contribution in [1.82, 2.24) is 4.57 Å². The van der Waals surface area contributed by atoms with E-state index in [0.29, 0.717) is 12.2 Å². The third-order valence-electron chi connectivity index (χ3n) is 3.05. The minimum Gasteiger partial charge on any atom is -0.462 e. The van der Waals surface area contributed by atoms with E-state index in [1.54, 1.807) is 0 Å². The van der Waals surface area contributed by atoms with E-state index in [9.17, 15) is 4.79 Å². The van der Waals surface area contributed by atoms with Crippen LogP contribution in [-0.2, 0) is 11.8 Å². The van der Waals surface area contributed by atoms with Crippen LogP contribution in [0.25, 0.3) is 11.1 Å². The summed E-state index contributed by atoms with van der Waals surface area (Å²) in [7, 11) is 1.94. The van der Waals surface area contributed by atoms with Gasteiger partial charge in [-0.3, -0.25) is 0 Å². The number of aromatic nitrogens is 1. The summed E-state index contributed by atoms with van der Waals surface area (Å²) in [5.74, 6) is -0.255. The second-order valence-electron chi connectivity index (χ2n) is 4.20.